The summed E-state index contributed by atoms with van der Waals surface area (Å²) in [6.45, 7) is 7.95. The van der Waals surface area contributed by atoms with Crippen LogP contribution in [-0.4, -0.2) is 9.55 Å². The fourth-order valence-electron chi connectivity index (χ4n) is 2.85. The first-order valence-electron chi connectivity index (χ1n) is 6.86. The first kappa shape index (κ1) is 12.9. The van der Waals surface area contributed by atoms with Gasteiger partial charge in [0.05, 0.1) is 0 Å². The van der Waals surface area contributed by atoms with Crippen LogP contribution in [0.2, 0.25) is 0 Å². The zero-order valence-corrected chi connectivity index (χ0v) is 12.0. The van der Waals surface area contributed by atoms with E-state index in [0.717, 1.165) is 23.2 Å². The van der Waals surface area contributed by atoms with Gasteiger partial charge in [-0.3, -0.25) is 0 Å². The lowest BCUT2D eigenvalue weighted by atomic mass is 9.83. The third-order valence-corrected chi connectivity index (χ3v) is 4.41. The van der Waals surface area contributed by atoms with Crippen molar-refractivity contribution in [3.8, 4) is 0 Å². The molecule has 0 aliphatic heterocycles. The lowest BCUT2D eigenvalue weighted by Gasteiger charge is -2.27. The number of nitrogens with one attached hydrogen (secondary N) is 1. The normalized spacial score (nSPS) is 25.4. The molecule has 0 atom stereocenters. The van der Waals surface area contributed by atoms with Crippen molar-refractivity contribution in [1.82, 2.24) is 9.55 Å². The minimum absolute atomic E-state index is 0.547. The van der Waals surface area contributed by atoms with Crippen molar-refractivity contribution in [2.75, 3.05) is 0 Å². The lowest BCUT2D eigenvalue weighted by molar-refractivity contribution is 0.262. The molecule has 0 unspecified atom stereocenters. The van der Waals surface area contributed by atoms with Gasteiger partial charge in [0, 0.05) is 18.4 Å². The summed E-state index contributed by atoms with van der Waals surface area (Å²) in [6.07, 6.45) is 7.59. The van der Waals surface area contributed by atoms with Crippen LogP contribution >= 0.6 is 12.2 Å². The Morgan fingerprint density at radius 2 is 2.00 bits per heavy atom. The standard InChI is InChI=1S/C14H24N2S/c1-10(2)13-8-15-14(17)16(13)9-12-6-4-11(3)5-7-12/h8,10-12H,4-7,9H2,1-3H3,(H,15,17). The van der Waals surface area contributed by atoms with Crippen molar-refractivity contribution in [3.63, 3.8) is 0 Å². The number of H-pyrrole nitrogens is 1. The molecule has 0 radical (unpaired) electrons. The predicted molar refractivity (Wildman–Crippen MR) is 74.8 cm³/mol. The summed E-state index contributed by atoms with van der Waals surface area (Å²) >= 11 is 5.39. The average Bonchev–Trinajstić information content (AvgIpc) is 2.64. The van der Waals surface area contributed by atoms with E-state index >= 15 is 0 Å². The number of aromatic amines is 1. The second-order valence-corrected chi connectivity index (χ2v) is 6.30. The smallest absolute Gasteiger partial charge is 0.177 e. The molecule has 1 saturated carbocycles. The van der Waals surface area contributed by atoms with Crippen LogP contribution in [0.1, 0.15) is 58.1 Å². The van der Waals surface area contributed by atoms with Crippen LogP contribution < -0.4 is 0 Å². The summed E-state index contributed by atoms with van der Waals surface area (Å²) in [7, 11) is 0. The van der Waals surface area contributed by atoms with E-state index in [4.69, 9.17) is 12.2 Å². The first-order chi connectivity index (χ1) is 8.08. The fraction of sp³-hybridized carbons (Fsp3) is 0.786. The quantitative estimate of drug-likeness (QED) is 0.786. The third-order valence-electron chi connectivity index (χ3n) is 4.07. The highest BCUT2D eigenvalue weighted by Gasteiger charge is 2.20. The number of aromatic nitrogens is 2. The molecule has 96 valence electrons. The van der Waals surface area contributed by atoms with Crippen molar-refractivity contribution in [1.29, 1.82) is 0 Å². The summed E-state index contributed by atoms with van der Waals surface area (Å²) in [5.41, 5.74) is 1.36. The van der Waals surface area contributed by atoms with Crippen LogP contribution in [0.3, 0.4) is 0 Å². The third kappa shape index (κ3) is 3.01. The summed E-state index contributed by atoms with van der Waals surface area (Å²) in [5, 5.41) is 0. The maximum absolute atomic E-state index is 5.39. The molecule has 1 aliphatic carbocycles. The number of hydrogen-bond donors (Lipinski definition) is 1. The Bertz CT molecular complexity index is 408. The van der Waals surface area contributed by atoms with Crippen LogP contribution in [0, 0.1) is 16.6 Å². The Morgan fingerprint density at radius 3 is 2.59 bits per heavy atom. The van der Waals surface area contributed by atoms with E-state index < -0.39 is 0 Å². The van der Waals surface area contributed by atoms with E-state index in [9.17, 15) is 0 Å². The highest BCUT2D eigenvalue weighted by atomic mass is 32.1. The van der Waals surface area contributed by atoms with E-state index in [1.165, 1.54) is 31.4 Å². The molecule has 0 bridgehead atoms. The molecule has 1 N–H and O–H groups in total. The van der Waals surface area contributed by atoms with E-state index in [-0.39, 0.29) is 0 Å². The molecule has 1 aliphatic rings. The van der Waals surface area contributed by atoms with Crippen LogP contribution in [0.4, 0.5) is 0 Å². The average molecular weight is 252 g/mol. The fourth-order valence-corrected chi connectivity index (χ4v) is 3.08. The topological polar surface area (TPSA) is 20.7 Å². The van der Waals surface area contributed by atoms with Gasteiger partial charge in [0.2, 0.25) is 0 Å². The summed E-state index contributed by atoms with van der Waals surface area (Å²) in [5.74, 6) is 2.30. The van der Waals surface area contributed by atoms with Crippen molar-refractivity contribution in [2.24, 2.45) is 11.8 Å². The molecule has 0 saturated heterocycles. The molecular formula is C14H24N2S. The molecule has 2 nitrogen and oxygen atoms in total. The number of hydrogen-bond acceptors (Lipinski definition) is 1. The van der Waals surface area contributed by atoms with Crippen LogP contribution in [0.5, 0.6) is 0 Å². The van der Waals surface area contributed by atoms with Gasteiger partial charge in [0.25, 0.3) is 0 Å². The maximum Gasteiger partial charge on any atom is 0.177 e. The Morgan fingerprint density at radius 1 is 1.35 bits per heavy atom. The van der Waals surface area contributed by atoms with Gasteiger partial charge in [0.15, 0.2) is 4.77 Å². The minimum Gasteiger partial charge on any atom is -0.337 e. The molecule has 17 heavy (non-hydrogen) atoms. The van der Waals surface area contributed by atoms with E-state index in [2.05, 4.69) is 36.5 Å². The Kier molecular flexibility index (Phi) is 4.08. The number of rotatable bonds is 3. The van der Waals surface area contributed by atoms with Gasteiger partial charge in [-0.25, -0.2) is 0 Å². The Hall–Kier alpha value is -0.570. The molecular weight excluding hydrogens is 228 g/mol. The van der Waals surface area contributed by atoms with Crippen molar-refractivity contribution < 1.29 is 0 Å². The van der Waals surface area contributed by atoms with Gasteiger partial charge in [-0.1, -0.05) is 33.6 Å². The second-order valence-electron chi connectivity index (χ2n) is 5.91. The van der Waals surface area contributed by atoms with Crippen molar-refractivity contribution >= 4 is 12.2 Å². The summed E-state index contributed by atoms with van der Waals surface area (Å²) < 4.78 is 3.22. The first-order valence-corrected chi connectivity index (χ1v) is 7.27. The monoisotopic (exact) mass is 252 g/mol. The van der Waals surface area contributed by atoms with Gasteiger partial charge in [-0.2, -0.15) is 0 Å². The largest absolute Gasteiger partial charge is 0.337 e. The molecule has 0 spiro atoms. The molecule has 1 fully saturated rings. The van der Waals surface area contributed by atoms with E-state index in [1.54, 1.807) is 0 Å². The molecule has 0 aromatic carbocycles. The highest BCUT2D eigenvalue weighted by Crippen LogP contribution is 2.30. The minimum atomic E-state index is 0.547. The Labute approximate surface area is 109 Å². The molecule has 1 heterocycles. The maximum atomic E-state index is 5.39. The second kappa shape index (κ2) is 5.38. The van der Waals surface area contributed by atoms with E-state index in [1.807, 2.05) is 0 Å². The van der Waals surface area contributed by atoms with Gasteiger partial charge in [-0.05, 0) is 42.8 Å². The van der Waals surface area contributed by atoms with Gasteiger partial charge in [-0.15, -0.1) is 0 Å². The molecule has 3 heteroatoms. The van der Waals surface area contributed by atoms with Crippen LogP contribution in [0.25, 0.3) is 0 Å². The van der Waals surface area contributed by atoms with Gasteiger partial charge >= 0.3 is 0 Å². The zero-order chi connectivity index (χ0) is 12.4. The van der Waals surface area contributed by atoms with Crippen molar-refractivity contribution in [2.45, 2.75) is 58.9 Å². The zero-order valence-electron chi connectivity index (χ0n) is 11.2. The van der Waals surface area contributed by atoms with E-state index in [0.29, 0.717) is 5.92 Å². The summed E-state index contributed by atoms with van der Waals surface area (Å²) in [6, 6.07) is 0. The van der Waals surface area contributed by atoms with Crippen molar-refractivity contribution in [3.05, 3.63) is 16.7 Å². The lowest BCUT2D eigenvalue weighted by Crippen LogP contribution is -2.19. The number of imidazole rings is 1. The molecule has 1 aromatic heterocycles. The Balaban J connectivity index is 2.08. The predicted octanol–water partition coefficient (Wildman–Crippen LogP) is 4.50. The molecule has 0 amide bonds. The highest BCUT2D eigenvalue weighted by molar-refractivity contribution is 7.71. The van der Waals surface area contributed by atoms with Gasteiger partial charge in [0.1, 0.15) is 0 Å². The van der Waals surface area contributed by atoms with Crippen LogP contribution in [-0.2, 0) is 6.54 Å². The molecule has 1 aromatic rings. The van der Waals surface area contributed by atoms with Gasteiger partial charge < -0.3 is 9.55 Å². The summed E-state index contributed by atoms with van der Waals surface area (Å²) in [4.78, 5) is 3.19. The van der Waals surface area contributed by atoms with Crippen LogP contribution in [0.15, 0.2) is 6.20 Å². The molecule has 2 rings (SSSR count). The number of nitrogens with zero attached hydrogens (tertiary/aromatic N) is 1. The SMILES string of the molecule is CC1CCC(Cn2c(C(C)C)c[nH]c2=S)CC1.